The van der Waals surface area contributed by atoms with Gasteiger partial charge in [-0.3, -0.25) is 4.79 Å². The first-order valence-corrected chi connectivity index (χ1v) is 7.65. The molecule has 1 saturated heterocycles. The molecule has 0 saturated carbocycles. The fourth-order valence-electron chi connectivity index (χ4n) is 2.54. The molecular weight excluding hydrogens is 269 g/mol. The topological polar surface area (TPSA) is 35.6 Å². The van der Waals surface area contributed by atoms with Crippen molar-refractivity contribution in [3.63, 3.8) is 0 Å². The van der Waals surface area contributed by atoms with E-state index in [0.29, 0.717) is 25.1 Å². The lowest BCUT2D eigenvalue weighted by atomic mass is 10.1. The number of nitrogens with zero attached hydrogens (tertiary/aromatic N) is 2. The van der Waals surface area contributed by atoms with E-state index >= 15 is 0 Å². The van der Waals surface area contributed by atoms with Crippen molar-refractivity contribution in [3.05, 3.63) is 35.6 Å². The molecule has 0 aromatic heterocycles. The van der Waals surface area contributed by atoms with E-state index in [4.69, 9.17) is 0 Å². The van der Waals surface area contributed by atoms with Gasteiger partial charge in [0.25, 0.3) is 0 Å². The lowest BCUT2D eigenvalue weighted by molar-refractivity contribution is -0.131. The number of likely N-dealkylation sites (N-methyl/N-ethyl adjacent to an activating group) is 1. The Bertz CT molecular complexity index is 459. The monoisotopic (exact) mass is 293 g/mol. The Hall–Kier alpha value is -1.46. The lowest BCUT2D eigenvalue weighted by Gasteiger charge is -2.34. The zero-order valence-electron chi connectivity index (χ0n) is 12.6. The quantitative estimate of drug-likeness (QED) is 0.799. The van der Waals surface area contributed by atoms with Crippen molar-refractivity contribution in [1.29, 1.82) is 0 Å². The normalized spacial score (nSPS) is 16.2. The van der Waals surface area contributed by atoms with Crippen molar-refractivity contribution in [3.8, 4) is 0 Å². The average Bonchev–Trinajstić information content (AvgIpc) is 2.53. The zero-order valence-corrected chi connectivity index (χ0v) is 12.6. The van der Waals surface area contributed by atoms with Crippen LogP contribution < -0.4 is 5.32 Å². The van der Waals surface area contributed by atoms with Crippen LogP contribution >= 0.6 is 0 Å². The van der Waals surface area contributed by atoms with Gasteiger partial charge in [0.15, 0.2) is 0 Å². The maximum Gasteiger partial charge on any atom is 0.236 e. The largest absolute Gasteiger partial charge is 0.339 e. The fourth-order valence-corrected chi connectivity index (χ4v) is 2.54. The zero-order chi connectivity index (χ0) is 15.1. The molecule has 0 atom stereocenters. The lowest BCUT2D eigenvalue weighted by Crippen LogP contribution is -2.50. The average molecular weight is 293 g/mol. The molecule has 0 aliphatic carbocycles. The number of hydrogen-bond donors (Lipinski definition) is 1. The van der Waals surface area contributed by atoms with Crippen LogP contribution in [-0.4, -0.2) is 61.5 Å². The Morgan fingerprint density at radius 3 is 2.62 bits per heavy atom. The van der Waals surface area contributed by atoms with E-state index in [-0.39, 0.29) is 11.7 Å². The molecule has 116 valence electrons. The van der Waals surface area contributed by atoms with E-state index in [1.807, 2.05) is 11.0 Å². The van der Waals surface area contributed by atoms with Crippen molar-refractivity contribution in [1.82, 2.24) is 15.1 Å². The molecule has 1 amide bonds. The molecule has 5 heteroatoms. The van der Waals surface area contributed by atoms with E-state index in [2.05, 4.69) is 17.1 Å². The van der Waals surface area contributed by atoms with E-state index < -0.39 is 0 Å². The second-order valence-electron chi connectivity index (χ2n) is 5.33. The van der Waals surface area contributed by atoms with Crippen LogP contribution in [0.2, 0.25) is 0 Å². The second-order valence-corrected chi connectivity index (χ2v) is 5.33. The number of nitrogens with one attached hydrogen (secondary N) is 1. The smallest absolute Gasteiger partial charge is 0.236 e. The summed E-state index contributed by atoms with van der Waals surface area (Å²) in [5.74, 6) is -0.0411. The van der Waals surface area contributed by atoms with Gasteiger partial charge in [-0.15, -0.1) is 0 Å². The summed E-state index contributed by atoms with van der Waals surface area (Å²) in [7, 11) is 0. The first-order chi connectivity index (χ1) is 10.2. The molecule has 0 bridgehead atoms. The van der Waals surface area contributed by atoms with Crippen LogP contribution in [0.3, 0.4) is 0 Å². The van der Waals surface area contributed by atoms with Gasteiger partial charge in [-0.2, -0.15) is 0 Å². The summed E-state index contributed by atoms with van der Waals surface area (Å²) in [6.07, 6.45) is 0.601. The van der Waals surface area contributed by atoms with E-state index in [1.165, 1.54) is 6.07 Å². The molecule has 0 spiro atoms. The Morgan fingerprint density at radius 1 is 1.24 bits per heavy atom. The molecule has 4 nitrogen and oxygen atoms in total. The molecule has 0 unspecified atom stereocenters. The summed E-state index contributed by atoms with van der Waals surface area (Å²) < 4.78 is 13.4. The summed E-state index contributed by atoms with van der Waals surface area (Å²) in [5.41, 5.74) is 0.689. The number of piperazine rings is 1. The highest BCUT2D eigenvalue weighted by molar-refractivity contribution is 5.78. The number of carbonyl (C=O) groups is 1. The number of benzene rings is 1. The van der Waals surface area contributed by atoms with E-state index in [1.54, 1.807) is 12.1 Å². The van der Waals surface area contributed by atoms with Crippen LogP contribution in [0, 0.1) is 5.82 Å². The Labute approximate surface area is 125 Å². The molecular formula is C16H24FN3O. The maximum absolute atomic E-state index is 13.4. The minimum Gasteiger partial charge on any atom is -0.339 e. The summed E-state index contributed by atoms with van der Waals surface area (Å²) in [6.45, 7) is 7.66. The van der Waals surface area contributed by atoms with Crippen molar-refractivity contribution in [2.24, 2.45) is 0 Å². The molecule has 21 heavy (non-hydrogen) atoms. The van der Waals surface area contributed by atoms with Crippen molar-refractivity contribution >= 4 is 5.91 Å². The number of hydrogen-bond acceptors (Lipinski definition) is 3. The summed E-state index contributed by atoms with van der Waals surface area (Å²) in [5, 5.41) is 3.11. The minimum absolute atomic E-state index is 0.138. The van der Waals surface area contributed by atoms with Crippen LogP contribution in [0.5, 0.6) is 0 Å². The molecule has 1 aliphatic rings. The maximum atomic E-state index is 13.4. The van der Waals surface area contributed by atoms with Crippen LogP contribution in [0.25, 0.3) is 0 Å². The van der Waals surface area contributed by atoms with Crippen LogP contribution in [-0.2, 0) is 11.2 Å². The summed E-state index contributed by atoms with van der Waals surface area (Å²) in [4.78, 5) is 16.3. The molecule has 1 aliphatic heterocycles. The molecule has 0 radical (unpaired) electrons. The van der Waals surface area contributed by atoms with Crippen molar-refractivity contribution in [2.75, 3.05) is 45.8 Å². The van der Waals surface area contributed by atoms with Gasteiger partial charge in [0.05, 0.1) is 6.54 Å². The Kier molecular flexibility index (Phi) is 6.14. The van der Waals surface area contributed by atoms with Gasteiger partial charge in [-0.05, 0) is 31.1 Å². The molecule has 2 rings (SSSR count). The molecule has 1 N–H and O–H groups in total. The number of halogens is 1. The van der Waals surface area contributed by atoms with Gasteiger partial charge in [-0.1, -0.05) is 25.1 Å². The number of rotatable bonds is 6. The standard InChI is InChI=1S/C16H24FN3O/c1-2-19-9-11-20(12-10-19)16(21)13-18-8-7-14-5-3-4-6-15(14)17/h3-6,18H,2,7-13H2,1H3. The highest BCUT2D eigenvalue weighted by Gasteiger charge is 2.19. The Morgan fingerprint density at radius 2 is 1.95 bits per heavy atom. The first kappa shape index (κ1) is 15.9. The third kappa shape index (κ3) is 4.79. The van der Waals surface area contributed by atoms with Gasteiger partial charge in [0, 0.05) is 26.2 Å². The number of amides is 1. The SMILES string of the molecule is CCN1CCN(C(=O)CNCCc2ccccc2F)CC1. The third-order valence-electron chi connectivity index (χ3n) is 3.98. The van der Waals surface area contributed by atoms with Gasteiger partial charge in [0.1, 0.15) is 5.82 Å². The highest BCUT2D eigenvalue weighted by atomic mass is 19.1. The van der Waals surface area contributed by atoms with E-state index in [0.717, 1.165) is 32.7 Å². The Balaban J connectivity index is 1.65. The molecule has 1 aromatic carbocycles. The van der Waals surface area contributed by atoms with Gasteiger partial charge in [-0.25, -0.2) is 4.39 Å². The summed E-state index contributed by atoms with van der Waals surface area (Å²) >= 11 is 0. The highest BCUT2D eigenvalue weighted by Crippen LogP contribution is 2.06. The first-order valence-electron chi connectivity index (χ1n) is 7.65. The minimum atomic E-state index is -0.179. The fraction of sp³-hybridized carbons (Fsp3) is 0.562. The van der Waals surface area contributed by atoms with Crippen molar-refractivity contribution in [2.45, 2.75) is 13.3 Å². The predicted octanol–water partition coefficient (Wildman–Crippen LogP) is 1.12. The second kappa shape index (κ2) is 8.10. The molecule has 1 aromatic rings. The van der Waals surface area contributed by atoms with Crippen LogP contribution in [0.15, 0.2) is 24.3 Å². The predicted molar refractivity (Wildman–Crippen MR) is 81.7 cm³/mol. The molecule has 1 heterocycles. The number of carbonyl (C=O) groups excluding carboxylic acids is 1. The van der Waals surface area contributed by atoms with Gasteiger partial charge in [0.2, 0.25) is 5.91 Å². The molecule has 1 fully saturated rings. The van der Waals surface area contributed by atoms with Crippen LogP contribution in [0.4, 0.5) is 4.39 Å². The van der Waals surface area contributed by atoms with Crippen molar-refractivity contribution < 1.29 is 9.18 Å². The van der Waals surface area contributed by atoms with E-state index in [9.17, 15) is 9.18 Å². The van der Waals surface area contributed by atoms with Gasteiger partial charge < -0.3 is 15.1 Å². The van der Waals surface area contributed by atoms with Gasteiger partial charge >= 0.3 is 0 Å². The summed E-state index contributed by atoms with van der Waals surface area (Å²) in [6, 6.07) is 6.76. The third-order valence-corrected chi connectivity index (χ3v) is 3.98. The van der Waals surface area contributed by atoms with Crippen LogP contribution in [0.1, 0.15) is 12.5 Å².